The van der Waals surface area contributed by atoms with E-state index in [0.29, 0.717) is 11.8 Å². The summed E-state index contributed by atoms with van der Waals surface area (Å²) in [6.45, 7) is 12.1. The molecule has 2 aromatic rings. The van der Waals surface area contributed by atoms with E-state index in [1.807, 2.05) is 50.4 Å². The third-order valence-corrected chi connectivity index (χ3v) is 5.95. The fourth-order valence-corrected chi connectivity index (χ4v) is 4.08. The second-order valence-corrected chi connectivity index (χ2v) is 8.61. The quantitative estimate of drug-likeness (QED) is 0.795. The molecule has 3 heterocycles. The Morgan fingerprint density at radius 1 is 1.27 bits per heavy atom. The molecular formula is C24H30N4O2. The minimum absolute atomic E-state index is 0.301. The Balaban J connectivity index is 1.63. The van der Waals surface area contributed by atoms with Crippen molar-refractivity contribution in [3.8, 4) is 0 Å². The fraction of sp³-hybridized carbons (Fsp3) is 0.417. The Kier molecular flexibility index (Phi) is 5.62. The molecule has 1 aromatic carbocycles. The van der Waals surface area contributed by atoms with Crippen molar-refractivity contribution in [2.75, 3.05) is 18.0 Å². The number of rotatable bonds is 5. The van der Waals surface area contributed by atoms with E-state index in [2.05, 4.69) is 39.9 Å². The molecule has 30 heavy (non-hydrogen) atoms. The first-order chi connectivity index (χ1) is 14.4. The maximum Gasteiger partial charge on any atom is 0.163 e. The molecule has 158 valence electrons. The van der Waals surface area contributed by atoms with Gasteiger partial charge < -0.3 is 20.2 Å². The molecule has 0 radical (unpaired) electrons. The molecule has 1 fully saturated rings. The van der Waals surface area contributed by atoms with E-state index in [0.717, 1.165) is 54.1 Å². The molecule has 2 aliphatic heterocycles. The molecule has 6 heteroatoms. The number of anilines is 1. The zero-order valence-electron chi connectivity index (χ0n) is 17.9. The van der Waals surface area contributed by atoms with Crippen LogP contribution < -0.4 is 10.2 Å². The molecule has 6 nitrogen and oxygen atoms in total. The van der Waals surface area contributed by atoms with Gasteiger partial charge in [0.25, 0.3) is 0 Å². The molecule has 2 N–H and O–H groups in total. The number of benzene rings is 1. The van der Waals surface area contributed by atoms with E-state index in [1.54, 1.807) is 0 Å². The van der Waals surface area contributed by atoms with Crippen molar-refractivity contribution in [2.45, 2.75) is 51.4 Å². The van der Waals surface area contributed by atoms with Gasteiger partial charge in [-0.05, 0) is 57.4 Å². The van der Waals surface area contributed by atoms with E-state index in [9.17, 15) is 5.11 Å². The number of aryl methyl sites for hydroxylation is 1. The number of aromatic nitrogens is 1. The average molecular weight is 407 g/mol. The minimum Gasteiger partial charge on any atom is -0.386 e. The first kappa shape index (κ1) is 20.6. The average Bonchev–Trinajstić information content (AvgIpc) is 3.03. The van der Waals surface area contributed by atoms with Gasteiger partial charge in [0, 0.05) is 30.0 Å². The van der Waals surface area contributed by atoms with Crippen LogP contribution in [0.2, 0.25) is 0 Å². The van der Waals surface area contributed by atoms with E-state index < -0.39 is 11.7 Å². The summed E-state index contributed by atoms with van der Waals surface area (Å²) in [5.74, 6) is 0.950. The summed E-state index contributed by atoms with van der Waals surface area (Å²) in [4.78, 5) is 12.3. The van der Waals surface area contributed by atoms with Crippen LogP contribution in [-0.2, 0) is 4.84 Å². The first-order valence-corrected chi connectivity index (χ1v) is 10.5. The van der Waals surface area contributed by atoms with E-state index in [-0.39, 0.29) is 0 Å². The Labute approximate surface area is 178 Å². The van der Waals surface area contributed by atoms with Gasteiger partial charge in [-0.25, -0.2) is 4.98 Å². The number of aliphatic hydroxyl groups excluding tert-OH is 1. The number of nitrogens with zero attached hydrogens (tertiary/aromatic N) is 3. The highest BCUT2D eigenvalue weighted by Gasteiger charge is 2.40. The molecule has 2 atom stereocenters. The van der Waals surface area contributed by atoms with Crippen molar-refractivity contribution in [3.63, 3.8) is 0 Å². The van der Waals surface area contributed by atoms with E-state index in [1.165, 1.54) is 0 Å². The van der Waals surface area contributed by atoms with Crippen LogP contribution in [0.25, 0.3) is 5.70 Å². The van der Waals surface area contributed by atoms with Crippen LogP contribution in [0.1, 0.15) is 43.4 Å². The van der Waals surface area contributed by atoms with Gasteiger partial charge in [0.15, 0.2) is 5.60 Å². The lowest BCUT2D eigenvalue weighted by Gasteiger charge is -2.37. The predicted octanol–water partition coefficient (Wildman–Crippen LogP) is 3.49. The summed E-state index contributed by atoms with van der Waals surface area (Å²) < 4.78 is 0. The molecule has 1 aromatic heterocycles. The summed E-state index contributed by atoms with van der Waals surface area (Å²) in [6.07, 6.45) is 3.30. The van der Waals surface area contributed by atoms with Crippen molar-refractivity contribution in [2.24, 2.45) is 5.16 Å². The largest absolute Gasteiger partial charge is 0.386 e. The smallest absolute Gasteiger partial charge is 0.163 e. The molecule has 0 aliphatic carbocycles. The Hall–Kier alpha value is -2.70. The van der Waals surface area contributed by atoms with Gasteiger partial charge in [-0.3, -0.25) is 0 Å². The third kappa shape index (κ3) is 3.85. The van der Waals surface area contributed by atoms with Gasteiger partial charge in [-0.2, -0.15) is 0 Å². The van der Waals surface area contributed by atoms with Crippen molar-refractivity contribution in [1.82, 2.24) is 10.3 Å². The van der Waals surface area contributed by atoms with E-state index >= 15 is 0 Å². The Bertz CT molecular complexity index is 946. The lowest BCUT2D eigenvalue weighted by atomic mass is 9.93. The molecule has 0 spiro atoms. The van der Waals surface area contributed by atoms with Crippen LogP contribution in [0.3, 0.4) is 0 Å². The number of aliphatic hydroxyl groups is 1. The van der Waals surface area contributed by atoms with Crippen LogP contribution in [0, 0.1) is 6.92 Å². The highest BCUT2D eigenvalue weighted by atomic mass is 16.7. The molecule has 0 saturated carbocycles. The SMILES string of the molecule is C=C(c1ccc(C2=NOC(C)(C)C2O)cc1)N(c1ncccc1C)[C@@H]1CCCNC1. The standard InChI is InChI=1S/C24H30N4O2/c1-16-7-5-14-26-23(16)28(20-8-6-13-25-15-20)17(2)18-9-11-19(12-10-18)21-22(29)24(3,4)30-27-21/h5,7,9-12,14,20,22,25,29H,2,6,8,13,15H2,1,3-4H3/t20-,22?/m1/s1. The lowest BCUT2D eigenvalue weighted by molar-refractivity contribution is -0.0476. The second-order valence-electron chi connectivity index (χ2n) is 8.61. The third-order valence-electron chi connectivity index (χ3n) is 5.95. The summed E-state index contributed by atoms with van der Waals surface area (Å²) in [5, 5.41) is 18.1. The second kappa shape index (κ2) is 8.20. The maximum absolute atomic E-state index is 10.5. The van der Waals surface area contributed by atoms with Crippen LogP contribution in [0.4, 0.5) is 5.82 Å². The van der Waals surface area contributed by atoms with Crippen molar-refractivity contribution in [3.05, 3.63) is 65.9 Å². The monoisotopic (exact) mass is 406 g/mol. The van der Waals surface area contributed by atoms with Crippen LogP contribution in [0.15, 0.2) is 54.3 Å². The van der Waals surface area contributed by atoms with Crippen molar-refractivity contribution < 1.29 is 9.94 Å². The number of oxime groups is 1. The Morgan fingerprint density at radius 2 is 2.03 bits per heavy atom. The zero-order valence-corrected chi connectivity index (χ0v) is 17.9. The number of hydrogen-bond acceptors (Lipinski definition) is 6. The van der Waals surface area contributed by atoms with Crippen molar-refractivity contribution in [1.29, 1.82) is 0 Å². The predicted molar refractivity (Wildman–Crippen MR) is 121 cm³/mol. The van der Waals surface area contributed by atoms with E-state index in [4.69, 9.17) is 4.84 Å². The number of hydrogen-bond donors (Lipinski definition) is 2. The number of nitrogens with one attached hydrogen (secondary N) is 1. The number of piperidine rings is 1. The topological polar surface area (TPSA) is 70.0 Å². The van der Waals surface area contributed by atoms with Crippen LogP contribution in [0.5, 0.6) is 0 Å². The van der Waals surface area contributed by atoms with Gasteiger partial charge in [0.05, 0.1) is 0 Å². The highest BCUT2D eigenvalue weighted by molar-refractivity contribution is 6.05. The van der Waals surface area contributed by atoms with Gasteiger partial charge in [-0.1, -0.05) is 42.1 Å². The molecule has 1 saturated heterocycles. The number of pyridine rings is 1. The molecule has 0 bridgehead atoms. The van der Waals surface area contributed by atoms with Gasteiger partial charge in [-0.15, -0.1) is 0 Å². The van der Waals surface area contributed by atoms with Crippen LogP contribution in [-0.4, -0.2) is 46.6 Å². The summed E-state index contributed by atoms with van der Waals surface area (Å²) in [6, 6.07) is 12.3. The Morgan fingerprint density at radius 3 is 2.63 bits per heavy atom. The fourth-order valence-electron chi connectivity index (χ4n) is 4.08. The maximum atomic E-state index is 10.5. The summed E-state index contributed by atoms with van der Waals surface area (Å²) in [5.41, 5.74) is 3.77. The molecule has 2 aliphatic rings. The molecule has 1 unspecified atom stereocenters. The summed E-state index contributed by atoms with van der Waals surface area (Å²) in [7, 11) is 0. The summed E-state index contributed by atoms with van der Waals surface area (Å²) >= 11 is 0. The molecule has 0 amide bonds. The van der Waals surface area contributed by atoms with Gasteiger partial charge in [0.2, 0.25) is 0 Å². The lowest BCUT2D eigenvalue weighted by Crippen LogP contribution is -2.45. The minimum atomic E-state index is -0.757. The van der Waals surface area contributed by atoms with Crippen molar-refractivity contribution >= 4 is 17.2 Å². The van der Waals surface area contributed by atoms with Gasteiger partial charge >= 0.3 is 0 Å². The molecule has 4 rings (SSSR count). The first-order valence-electron chi connectivity index (χ1n) is 10.5. The zero-order chi connectivity index (χ0) is 21.3. The van der Waals surface area contributed by atoms with Gasteiger partial charge in [0.1, 0.15) is 17.6 Å². The highest BCUT2D eigenvalue weighted by Crippen LogP contribution is 2.32. The normalized spacial score (nSPS) is 22.9. The van der Waals surface area contributed by atoms with Crippen LogP contribution >= 0.6 is 0 Å². The molecular weight excluding hydrogens is 376 g/mol.